The van der Waals surface area contributed by atoms with Gasteiger partial charge in [-0.05, 0) is 24.3 Å². The molecule has 9 heteroatoms. The quantitative estimate of drug-likeness (QED) is 0.802. The van der Waals surface area contributed by atoms with E-state index >= 15 is 0 Å². The second-order valence-electron chi connectivity index (χ2n) is 5.09. The highest BCUT2D eigenvalue weighted by molar-refractivity contribution is 7.89. The first-order valence-corrected chi connectivity index (χ1v) is 8.80. The van der Waals surface area contributed by atoms with Gasteiger partial charge in [0.1, 0.15) is 5.75 Å². The molecule has 0 fully saturated rings. The summed E-state index contributed by atoms with van der Waals surface area (Å²) in [5.74, 6) is 0.789. The molecule has 0 radical (unpaired) electrons. The first-order chi connectivity index (χ1) is 12.0. The summed E-state index contributed by atoms with van der Waals surface area (Å²) < 4.78 is 42.3. The molecule has 25 heavy (non-hydrogen) atoms. The standard InChI is InChI=1S/C16H16N2O6S/c1-22-13-5-3-2-4-12(13)18-16(19)9-17-25(20,21)11-6-7-14-15(8-11)24-10-23-14/h2-8,17H,9-10H2,1H3,(H,18,19). The molecule has 3 rings (SSSR count). The zero-order chi connectivity index (χ0) is 17.9. The molecular weight excluding hydrogens is 348 g/mol. The van der Waals surface area contributed by atoms with Crippen LogP contribution in [0.1, 0.15) is 0 Å². The van der Waals surface area contributed by atoms with Crippen LogP contribution in [0.5, 0.6) is 17.2 Å². The number of hydrogen-bond donors (Lipinski definition) is 2. The van der Waals surface area contributed by atoms with E-state index in [0.29, 0.717) is 22.9 Å². The van der Waals surface area contributed by atoms with Crippen molar-refractivity contribution in [2.75, 3.05) is 25.8 Å². The predicted octanol–water partition coefficient (Wildman–Crippen LogP) is 1.34. The number of benzene rings is 2. The van der Waals surface area contributed by atoms with Gasteiger partial charge in [-0.1, -0.05) is 12.1 Å². The van der Waals surface area contributed by atoms with E-state index in [9.17, 15) is 13.2 Å². The summed E-state index contributed by atoms with van der Waals surface area (Å²) in [4.78, 5) is 12.0. The van der Waals surface area contributed by atoms with Crippen LogP contribution in [-0.2, 0) is 14.8 Å². The maximum Gasteiger partial charge on any atom is 0.241 e. The number of fused-ring (bicyclic) bond motifs is 1. The number of para-hydroxylation sites is 2. The largest absolute Gasteiger partial charge is 0.495 e. The van der Waals surface area contributed by atoms with Crippen molar-refractivity contribution in [3.63, 3.8) is 0 Å². The molecule has 0 saturated carbocycles. The van der Waals surface area contributed by atoms with Gasteiger partial charge >= 0.3 is 0 Å². The van der Waals surface area contributed by atoms with Gasteiger partial charge in [0, 0.05) is 6.07 Å². The molecule has 1 aliphatic rings. The molecule has 2 N–H and O–H groups in total. The fourth-order valence-corrected chi connectivity index (χ4v) is 3.23. The van der Waals surface area contributed by atoms with E-state index in [4.69, 9.17) is 14.2 Å². The van der Waals surface area contributed by atoms with Gasteiger partial charge < -0.3 is 19.5 Å². The number of carbonyl (C=O) groups excluding carboxylic acids is 1. The van der Waals surface area contributed by atoms with E-state index in [0.717, 1.165) is 0 Å². The molecule has 0 aromatic heterocycles. The fraction of sp³-hybridized carbons (Fsp3) is 0.188. The van der Waals surface area contributed by atoms with Crippen molar-refractivity contribution in [2.45, 2.75) is 4.90 Å². The maximum atomic E-state index is 12.3. The Hall–Kier alpha value is -2.78. The number of methoxy groups -OCH3 is 1. The lowest BCUT2D eigenvalue weighted by molar-refractivity contribution is -0.115. The summed E-state index contributed by atoms with van der Waals surface area (Å²) in [6.07, 6.45) is 0. The third-order valence-corrected chi connectivity index (χ3v) is 4.86. The lowest BCUT2D eigenvalue weighted by atomic mass is 10.3. The van der Waals surface area contributed by atoms with Crippen molar-refractivity contribution in [1.29, 1.82) is 0 Å². The number of sulfonamides is 1. The molecule has 1 heterocycles. The van der Waals surface area contributed by atoms with E-state index in [2.05, 4.69) is 10.0 Å². The van der Waals surface area contributed by atoms with Crippen LogP contribution in [0.4, 0.5) is 5.69 Å². The average Bonchev–Trinajstić information content (AvgIpc) is 3.08. The van der Waals surface area contributed by atoms with E-state index in [1.165, 1.54) is 25.3 Å². The van der Waals surface area contributed by atoms with Crippen molar-refractivity contribution in [3.05, 3.63) is 42.5 Å². The zero-order valence-electron chi connectivity index (χ0n) is 13.3. The Morgan fingerprint density at radius 3 is 2.72 bits per heavy atom. The van der Waals surface area contributed by atoms with Crippen LogP contribution in [0.15, 0.2) is 47.4 Å². The Kier molecular flexibility index (Phi) is 4.77. The minimum Gasteiger partial charge on any atom is -0.495 e. The van der Waals surface area contributed by atoms with Crippen molar-refractivity contribution in [1.82, 2.24) is 4.72 Å². The normalized spacial score (nSPS) is 12.7. The molecule has 2 aromatic carbocycles. The Balaban J connectivity index is 1.65. The van der Waals surface area contributed by atoms with Gasteiger partial charge in [-0.15, -0.1) is 0 Å². The van der Waals surface area contributed by atoms with Crippen molar-refractivity contribution < 1.29 is 27.4 Å². The van der Waals surface area contributed by atoms with Crippen LogP contribution >= 0.6 is 0 Å². The summed E-state index contributed by atoms with van der Waals surface area (Å²) in [7, 11) is -2.38. The molecule has 0 spiro atoms. The molecule has 132 valence electrons. The summed E-state index contributed by atoms with van der Waals surface area (Å²) in [6, 6.07) is 11.1. The van der Waals surface area contributed by atoms with Crippen LogP contribution in [-0.4, -0.2) is 34.8 Å². The number of ether oxygens (including phenoxy) is 3. The highest BCUT2D eigenvalue weighted by Crippen LogP contribution is 2.33. The topological polar surface area (TPSA) is 103 Å². The van der Waals surface area contributed by atoms with Crippen LogP contribution in [0.25, 0.3) is 0 Å². The van der Waals surface area contributed by atoms with Gasteiger partial charge in [-0.25, -0.2) is 13.1 Å². The van der Waals surface area contributed by atoms with Crippen molar-refractivity contribution in [3.8, 4) is 17.2 Å². The van der Waals surface area contributed by atoms with Gasteiger partial charge in [0.25, 0.3) is 0 Å². The highest BCUT2D eigenvalue weighted by Gasteiger charge is 2.21. The van der Waals surface area contributed by atoms with E-state index in [1.807, 2.05) is 0 Å². The molecule has 1 amide bonds. The summed E-state index contributed by atoms with van der Waals surface area (Å²) in [5.41, 5.74) is 0.456. The van der Waals surface area contributed by atoms with Crippen LogP contribution in [0, 0.1) is 0 Å². The summed E-state index contributed by atoms with van der Waals surface area (Å²) in [5, 5.41) is 2.59. The Morgan fingerprint density at radius 2 is 1.92 bits per heavy atom. The van der Waals surface area contributed by atoms with E-state index in [1.54, 1.807) is 24.3 Å². The summed E-state index contributed by atoms with van der Waals surface area (Å²) in [6.45, 7) is -0.373. The Morgan fingerprint density at radius 1 is 1.16 bits per heavy atom. The molecule has 1 aliphatic heterocycles. The predicted molar refractivity (Wildman–Crippen MR) is 89.4 cm³/mol. The third kappa shape index (κ3) is 3.83. The fourth-order valence-electron chi connectivity index (χ4n) is 2.23. The number of nitrogens with one attached hydrogen (secondary N) is 2. The SMILES string of the molecule is COc1ccccc1NC(=O)CNS(=O)(=O)c1ccc2c(c1)OCO2. The van der Waals surface area contributed by atoms with Gasteiger partial charge in [-0.3, -0.25) is 4.79 Å². The van der Waals surface area contributed by atoms with E-state index < -0.39 is 22.5 Å². The van der Waals surface area contributed by atoms with Crippen LogP contribution in [0.3, 0.4) is 0 Å². The molecule has 0 unspecified atom stereocenters. The number of hydrogen-bond acceptors (Lipinski definition) is 6. The van der Waals surface area contributed by atoms with Gasteiger partial charge in [0.2, 0.25) is 22.7 Å². The van der Waals surface area contributed by atoms with Gasteiger partial charge in [0.15, 0.2) is 11.5 Å². The number of carbonyl (C=O) groups is 1. The van der Waals surface area contributed by atoms with E-state index in [-0.39, 0.29) is 11.7 Å². The number of anilines is 1. The average molecular weight is 364 g/mol. The van der Waals surface area contributed by atoms with Crippen molar-refractivity contribution >= 4 is 21.6 Å². The second-order valence-corrected chi connectivity index (χ2v) is 6.86. The van der Waals surface area contributed by atoms with Crippen molar-refractivity contribution in [2.24, 2.45) is 0 Å². The molecule has 0 saturated heterocycles. The lowest BCUT2D eigenvalue weighted by Gasteiger charge is -2.11. The Labute approximate surface area is 144 Å². The first-order valence-electron chi connectivity index (χ1n) is 7.32. The number of rotatable bonds is 6. The van der Waals surface area contributed by atoms with Crippen LogP contribution in [0.2, 0.25) is 0 Å². The molecular formula is C16H16N2O6S. The Bertz CT molecular complexity index is 897. The minimum atomic E-state index is -3.86. The molecule has 0 aliphatic carbocycles. The summed E-state index contributed by atoms with van der Waals surface area (Å²) >= 11 is 0. The van der Waals surface area contributed by atoms with Crippen LogP contribution < -0.4 is 24.2 Å². The molecule has 8 nitrogen and oxygen atoms in total. The lowest BCUT2D eigenvalue weighted by Crippen LogP contribution is -2.33. The minimum absolute atomic E-state index is 0.0122. The first kappa shape index (κ1) is 17.1. The third-order valence-electron chi connectivity index (χ3n) is 3.46. The molecule has 0 bridgehead atoms. The second kappa shape index (κ2) is 6.99. The zero-order valence-corrected chi connectivity index (χ0v) is 14.1. The number of amides is 1. The monoisotopic (exact) mass is 364 g/mol. The van der Waals surface area contributed by atoms with Gasteiger partial charge in [0.05, 0.1) is 24.2 Å². The highest BCUT2D eigenvalue weighted by atomic mass is 32.2. The molecule has 2 aromatic rings. The smallest absolute Gasteiger partial charge is 0.241 e. The molecule has 0 atom stereocenters. The maximum absolute atomic E-state index is 12.3. The van der Waals surface area contributed by atoms with Gasteiger partial charge in [-0.2, -0.15) is 0 Å².